The van der Waals surface area contributed by atoms with Crippen molar-refractivity contribution in [3.63, 3.8) is 0 Å². The Kier molecular flexibility index (Phi) is 4.97. The minimum absolute atomic E-state index is 0.0341. The van der Waals surface area contributed by atoms with Crippen LogP contribution in [-0.2, 0) is 9.53 Å². The second-order valence-electron chi connectivity index (χ2n) is 4.65. The van der Waals surface area contributed by atoms with E-state index >= 15 is 0 Å². The monoisotopic (exact) mass is 313 g/mol. The zero-order valence-electron chi connectivity index (χ0n) is 12.0. The van der Waals surface area contributed by atoms with E-state index in [-0.39, 0.29) is 23.2 Å². The molecule has 1 saturated heterocycles. The first-order chi connectivity index (χ1) is 10.0. The normalized spacial score (nSPS) is 16.4. The molecule has 116 valence electrons. The number of hydrogen-bond donors (Lipinski definition) is 3. The molecule has 4 N–H and O–H groups in total. The van der Waals surface area contributed by atoms with Gasteiger partial charge in [0.05, 0.1) is 13.2 Å². The van der Waals surface area contributed by atoms with Gasteiger partial charge in [0.15, 0.2) is 5.82 Å². The van der Waals surface area contributed by atoms with E-state index in [1.807, 2.05) is 0 Å². The Labute approximate surface area is 126 Å². The van der Waals surface area contributed by atoms with Crippen LogP contribution in [0.4, 0.5) is 10.8 Å². The number of aromatic nitrogens is 1. The van der Waals surface area contributed by atoms with Gasteiger partial charge in [-0.05, 0) is 18.5 Å². The van der Waals surface area contributed by atoms with Crippen LogP contribution in [0.3, 0.4) is 0 Å². The fraction of sp³-hybridized carbons (Fsp3) is 0.583. The topological polar surface area (TPSA) is 110 Å². The second-order valence-corrected chi connectivity index (χ2v) is 5.43. The fourth-order valence-electron chi connectivity index (χ4n) is 2.06. The minimum atomic E-state index is -0.466. The summed E-state index contributed by atoms with van der Waals surface area (Å²) < 4.78 is 9.19. The number of nitrogens with two attached hydrogens (primary N) is 1. The van der Waals surface area contributed by atoms with Crippen LogP contribution in [0.25, 0.3) is 0 Å². The van der Waals surface area contributed by atoms with Crippen molar-refractivity contribution in [3.05, 3.63) is 5.56 Å². The molecule has 0 spiro atoms. The smallest absolute Gasteiger partial charge is 0.257 e. The Morgan fingerprint density at radius 1 is 1.43 bits per heavy atom. The molecule has 8 nitrogen and oxygen atoms in total. The van der Waals surface area contributed by atoms with Crippen molar-refractivity contribution in [1.82, 2.24) is 14.6 Å². The number of carbonyl (C=O) groups is 2. The molecular formula is C12H19N5O3S. The number of nitrogens with one attached hydrogen (secondary N) is 2. The van der Waals surface area contributed by atoms with Crippen molar-refractivity contribution in [2.24, 2.45) is 0 Å². The van der Waals surface area contributed by atoms with Crippen LogP contribution >= 0.6 is 11.5 Å². The molecule has 1 aliphatic heterocycles. The van der Waals surface area contributed by atoms with E-state index < -0.39 is 6.04 Å². The second kappa shape index (κ2) is 6.72. The Balaban J connectivity index is 2.07. The van der Waals surface area contributed by atoms with Gasteiger partial charge in [-0.3, -0.25) is 9.59 Å². The summed E-state index contributed by atoms with van der Waals surface area (Å²) in [5, 5.41) is 6.04. The lowest BCUT2D eigenvalue weighted by Crippen LogP contribution is -2.47. The Morgan fingerprint density at radius 3 is 2.71 bits per heavy atom. The highest BCUT2D eigenvalue weighted by Gasteiger charge is 2.25. The maximum Gasteiger partial charge on any atom is 0.257 e. The third-order valence-electron chi connectivity index (χ3n) is 3.21. The minimum Gasteiger partial charge on any atom is -0.382 e. The molecule has 21 heavy (non-hydrogen) atoms. The summed E-state index contributed by atoms with van der Waals surface area (Å²) in [6.45, 7) is 4.02. The molecule has 1 aromatic heterocycles. The molecule has 2 amide bonds. The largest absolute Gasteiger partial charge is 0.382 e. The standard InChI is InChI=1S/C12H19N5O3S/c1-7(12(19)17-3-5-20-6-4-17)15-11-8(10(18)14-2)9(13)16-21-11/h7,15H,3-6H2,1-2H3,(H2,13,16)(H,14,18). The van der Waals surface area contributed by atoms with Gasteiger partial charge in [-0.1, -0.05) is 0 Å². The number of nitrogen functional groups attached to an aromatic ring is 1. The van der Waals surface area contributed by atoms with Crippen LogP contribution in [0.2, 0.25) is 0 Å². The van der Waals surface area contributed by atoms with Crippen LogP contribution in [0, 0.1) is 0 Å². The average Bonchev–Trinajstić information content (AvgIpc) is 2.87. The molecule has 1 fully saturated rings. The number of rotatable bonds is 4. The summed E-state index contributed by atoms with van der Waals surface area (Å²) in [4.78, 5) is 25.9. The van der Waals surface area contributed by atoms with E-state index in [0.29, 0.717) is 31.3 Å². The van der Waals surface area contributed by atoms with Crippen molar-refractivity contribution >= 4 is 34.2 Å². The van der Waals surface area contributed by atoms with Gasteiger partial charge >= 0.3 is 0 Å². The van der Waals surface area contributed by atoms with Gasteiger partial charge in [-0.2, -0.15) is 4.37 Å². The number of anilines is 2. The molecule has 1 unspecified atom stereocenters. The van der Waals surface area contributed by atoms with Crippen LogP contribution in [0.1, 0.15) is 17.3 Å². The van der Waals surface area contributed by atoms with Crippen LogP contribution in [0.5, 0.6) is 0 Å². The SMILES string of the molecule is CNC(=O)c1c(N)nsc1NC(C)C(=O)N1CCOCC1. The molecule has 0 saturated carbocycles. The van der Waals surface area contributed by atoms with Gasteiger partial charge in [-0.25, -0.2) is 0 Å². The molecule has 0 aliphatic carbocycles. The highest BCUT2D eigenvalue weighted by molar-refractivity contribution is 7.11. The van der Waals surface area contributed by atoms with Crippen molar-refractivity contribution < 1.29 is 14.3 Å². The van der Waals surface area contributed by atoms with Crippen LogP contribution in [-0.4, -0.2) is 60.5 Å². The first-order valence-corrected chi connectivity index (χ1v) is 7.42. The van der Waals surface area contributed by atoms with E-state index in [9.17, 15) is 9.59 Å². The van der Waals surface area contributed by atoms with Crippen molar-refractivity contribution in [1.29, 1.82) is 0 Å². The lowest BCUT2D eigenvalue weighted by Gasteiger charge is -2.29. The molecule has 0 bridgehead atoms. The van der Waals surface area contributed by atoms with Gasteiger partial charge in [0.25, 0.3) is 5.91 Å². The summed E-state index contributed by atoms with van der Waals surface area (Å²) in [6, 6.07) is -0.466. The Bertz CT molecular complexity index is 527. The molecule has 2 heterocycles. The molecule has 1 aromatic rings. The first kappa shape index (κ1) is 15.5. The van der Waals surface area contributed by atoms with Crippen LogP contribution in [0.15, 0.2) is 0 Å². The number of morpholine rings is 1. The molecule has 1 aliphatic rings. The summed E-state index contributed by atoms with van der Waals surface area (Å²) >= 11 is 1.07. The summed E-state index contributed by atoms with van der Waals surface area (Å²) in [5.74, 6) is -0.198. The third-order valence-corrected chi connectivity index (χ3v) is 4.01. The summed E-state index contributed by atoms with van der Waals surface area (Å²) in [5.41, 5.74) is 5.98. The molecular weight excluding hydrogens is 294 g/mol. The zero-order valence-corrected chi connectivity index (χ0v) is 12.8. The van der Waals surface area contributed by atoms with Crippen molar-refractivity contribution in [3.8, 4) is 0 Å². The Hall–Kier alpha value is -1.87. The number of amides is 2. The molecule has 9 heteroatoms. The van der Waals surface area contributed by atoms with Crippen molar-refractivity contribution in [2.45, 2.75) is 13.0 Å². The maximum atomic E-state index is 12.3. The third kappa shape index (κ3) is 3.42. The highest BCUT2D eigenvalue weighted by Crippen LogP contribution is 2.27. The number of nitrogens with zero attached hydrogens (tertiary/aromatic N) is 2. The van der Waals surface area contributed by atoms with E-state index in [4.69, 9.17) is 10.5 Å². The van der Waals surface area contributed by atoms with Gasteiger partial charge < -0.3 is 26.0 Å². The highest BCUT2D eigenvalue weighted by atomic mass is 32.1. The van der Waals surface area contributed by atoms with Gasteiger partial charge in [0, 0.05) is 20.1 Å². The van der Waals surface area contributed by atoms with Gasteiger partial charge in [-0.15, -0.1) is 0 Å². The summed E-state index contributed by atoms with van der Waals surface area (Å²) in [6.07, 6.45) is 0. The summed E-state index contributed by atoms with van der Waals surface area (Å²) in [7, 11) is 1.52. The predicted molar refractivity (Wildman–Crippen MR) is 80.4 cm³/mol. The zero-order chi connectivity index (χ0) is 15.4. The van der Waals surface area contributed by atoms with E-state index in [1.165, 1.54) is 7.05 Å². The van der Waals surface area contributed by atoms with Gasteiger partial charge in [0.2, 0.25) is 5.91 Å². The number of hydrogen-bond acceptors (Lipinski definition) is 7. The number of carbonyl (C=O) groups excluding carboxylic acids is 2. The quantitative estimate of drug-likeness (QED) is 0.707. The maximum absolute atomic E-state index is 12.3. The molecule has 1 atom stereocenters. The lowest BCUT2D eigenvalue weighted by atomic mass is 10.2. The number of ether oxygens (including phenoxy) is 1. The van der Waals surface area contributed by atoms with E-state index in [1.54, 1.807) is 11.8 Å². The van der Waals surface area contributed by atoms with E-state index in [2.05, 4.69) is 15.0 Å². The Morgan fingerprint density at radius 2 is 2.10 bits per heavy atom. The predicted octanol–water partition coefficient (Wildman–Crippen LogP) is -0.256. The van der Waals surface area contributed by atoms with E-state index in [0.717, 1.165) is 11.5 Å². The fourth-order valence-corrected chi connectivity index (χ4v) is 2.86. The molecule has 2 rings (SSSR count). The van der Waals surface area contributed by atoms with Crippen molar-refractivity contribution in [2.75, 3.05) is 44.4 Å². The first-order valence-electron chi connectivity index (χ1n) is 6.65. The molecule has 0 radical (unpaired) electrons. The average molecular weight is 313 g/mol. The van der Waals surface area contributed by atoms with Gasteiger partial charge in [0.1, 0.15) is 16.6 Å². The lowest BCUT2D eigenvalue weighted by molar-refractivity contribution is -0.135. The molecule has 0 aromatic carbocycles. The van der Waals surface area contributed by atoms with Crippen LogP contribution < -0.4 is 16.4 Å².